The maximum absolute atomic E-state index is 12.8. The molecule has 0 spiro atoms. The van der Waals surface area contributed by atoms with Gasteiger partial charge in [-0.15, -0.1) is 0 Å². The molecule has 0 saturated carbocycles. The summed E-state index contributed by atoms with van der Waals surface area (Å²) >= 11 is 1.90. The van der Waals surface area contributed by atoms with Crippen molar-refractivity contribution >= 4 is 11.8 Å². The van der Waals surface area contributed by atoms with Gasteiger partial charge in [0.05, 0.1) is 5.56 Å². The molecular weight excluding hydrogens is 297 g/mol. The summed E-state index contributed by atoms with van der Waals surface area (Å²) in [6.45, 7) is 2.76. The Morgan fingerprint density at radius 3 is 2.62 bits per heavy atom. The van der Waals surface area contributed by atoms with Crippen LogP contribution in [0.5, 0.6) is 0 Å². The molecule has 0 bridgehead atoms. The Labute approximate surface area is 128 Å². The molecule has 2 nitrogen and oxygen atoms in total. The molecule has 1 aliphatic rings. The Bertz CT molecular complexity index is 490. The summed E-state index contributed by atoms with van der Waals surface area (Å²) in [6, 6.07) is 4.39. The number of likely N-dealkylation sites (N-methyl/N-ethyl adjacent to an activating group) is 2. The second-order valence-electron chi connectivity index (χ2n) is 5.46. The highest BCUT2D eigenvalue weighted by molar-refractivity contribution is 7.99. The van der Waals surface area contributed by atoms with Gasteiger partial charge in [-0.1, -0.05) is 6.07 Å². The fraction of sp³-hybridized carbons (Fsp3) is 0.600. The van der Waals surface area contributed by atoms with E-state index in [1.165, 1.54) is 12.1 Å². The molecule has 6 heteroatoms. The second kappa shape index (κ2) is 6.58. The van der Waals surface area contributed by atoms with Crippen molar-refractivity contribution in [3.63, 3.8) is 0 Å². The fourth-order valence-electron chi connectivity index (χ4n) is 2.81. The Morgan fingerprint density at radius 2 is 2.10 bits per heavy atom. The van der Waals surface area contributed by atoms with Gasteiger partial charge in [0, 0.05) is 30.1 Å². The van der Waals surface area contributed by atoms with Gasteiger partial charge >= 0.3 is 6.18 Å². The van der Waals surface area contributed by atoms with Crippen LogP contribution < -0.4 is 5.32 Å². The van der Waals surface area contributed by atoms with E-state index in [-0.39, 0.29) is 6.04 Å². The van der Waals surface area contributed by atoms with Gasteiger partial charge in [-0.3, -0.25) is 4.90 Å². The van der Waals surface area contributed by atoms with Crippen LogP contribution in [0.25, 0.3) is 0 Å². The quantitative estimate of drug-likeness (QED) is 0.920. The summed E-state index contributed by atoms with van der Waals surface area (Å²) in [6.07, 6.45) is -4.28. The summed E-state index contributed by atoms with van der Waals surface area (Å²) in [7, 11) is 3.95. The molecule has 2 rings (SSSR count). The standard InChI is InChI=1S/C15H21F3N2S/c1-10-8-11(15(16,17)18)4-5-12(10)14(19-2)13-9-21-7-6-20(13)3/h4-5,8,13-14,19H,6-7,9H2,1-3H3. The number of thioether (sulfide) groups is 1. The number of nitrogens with zero attached hydrogens (tertiary/aromatic N) is 1. The van der Waals surface area contributed by atoms with E-state index >= 15 is 0 Å². The van der Waals surface area contributed by atoms with E-state index in [0.29, 0.717) is 11.6 Å². The lowest BCUT2D eigenvalue weighted by atomic mass is 9.93. The van der Waals surface area contributed by atoms with Gasteiger partial charge in [-0.05, 0) is 44.3 Å². The number of hydrogen-bond acceptors (Lipinski definition) is 3. The Hall–Kier alpha value is -0.720. The molecule has 0 aromatic heterocycles. The number of alkyl halides is 3. The van der Waals surface area contributed by atoms with Crippen molar-refractivity contribution in [1.29, 1.82) is 0 Å². The third kappa shape index (κ3) is 3.73. The molecule has 1 fully saturated rings. The van der Waals surface area contributed by atoms with Crippen molar-refractivity contribution in [2.24, 2.45) is 0 Å². The molecule has 1 heterocycles. The van der Waals surface area contributed by atoms with Crippen molar-refractivity contribution in [2.75, 3.05) is 32.1 Å². The van der Waals surface area contributed by atoms with Gasteiger partial charge in [-0.25, -0.2) is 0 Å². The molecule has 1 N–H and O–H groups in total. The van der Waals surface area contributed by atoms with Crippen LogP contribution in [0.3, 0.4) is 0 Å². The van der Waals surface area contributed by atoms with E-state index in [9.17, 15) is 13.2 Å². The molecule has 1 aromatic rings. The van der Waals surface area contributed by atoms with E-state index in [0.717, 1.165) is 23.6 Å². The Kier molecular flexibility index (Phi) is 5.22. The maximum atomic E-state index is 12.8. The SMILES string of the molecule is CNC(c1ccc(C(F)(F)F)cc1C)C1CSCCN1C. The van der Waals surface area contributed by atoms with Gasteiger partial charge in [0.25, 0.3) is 0 Å². The van der Waals surface area contributed by atoms with Crippen molar-refractivity contribution in [1.82, 2.24) is 10.2 Å². The fourth-order valence-corrected chi connectivity index (χ4v) is 4.08. The van der Waals surface area contributed by atoms with Gasteiger partial charge in [0.15, 0.2) is 0 Å². The zero-order chi connectivity index (χ0) is 15.6. The third-order valence-corrected chi connectivity index (χ3v) is 5.12. The van der Waals surface area contributed by atoms with Crippen molar-refractivity contribution in [2.45, 2.75) is 25.2 Å². The number of aryl methyl sites for hydroxylation is 1. The smallest absolute Gasteiger partial charge is 0.312 e. The zero-order valence-corrected chi connectivity index (χ0v) is 13.3. The predicted octanol–water partition coefficient (Wildman–Crippen LogP) is 3.32. The van der Waals surface area contributed by atoms with Crippen LogP contribution in [0.15, 0.2) is 18.2 Å². The van der Waals surface area contributed by atoms with Crippen LogP contribution in [0.1, 0.15) is 22.7 Å². The van der Waals surface area contributed by atoms with Crippen LogP contribution in [0, 0.1) is 6.92 Å². The van der Waals surface area contributed by atoms with E-state index in [4.69, 9.17) is 0 Å². The minimum atomic E-state index is -4.28. The van der Waals surface area contributed by atoms with E-state index in [2.05, 4.69) is 17.3 Å². The minimum absolute atomic E-state index is 0.0464. The highest BCUT2D eigenvalue weighted by Crippen LogP contribution is 2.33. The number of halogens is 3. The largest absolute Gasteiger partial charge is 0.416 e. The zero-order valence-electron chi connectivity index (χ0n) is 12.5. The van der Waals surface area contributed by atoms with Gasteiger partial charge < -0.3 is 5.32 Å². The molecule has 1 aliphatic heterocycles. The first-order valence-electron chi connectivity index (χ1n) is 6.97. The summed E-state index contributed by atoms with van der Waals surface area (Å²) in [5.74, 6) is 2.10. The molecule has 118 valence electrons. The third-order valence-electron chi connectivity index (χ3n) is 4.07. The van der Waals surface area contributed by atoms with Crippen molar-refractivity contribution < 1.29 is 13.2 Å². The molecule has 1 aromatic carbocycles. The molecule has 0 radical (unpaired) electrons. The van der Waals surface area contributed by atoms with Crippen LogP contribution in [-0.2, 0) is 6.18 Å². The molecule has 0 amide bonds. The first-order chi connectivity index (χ1) is 9.84. The maximum Gasteiger partial charge on any atom is 0.416 e. The van der Waals surface area contributed by atoms with Crippen molar-refractivity contribution in [3.8, 4) is 0 Å². The normalized spacial score (nSPS) is 22.3. The number of nitrogens with one attached hydrogen (secondary N) is 1. The summed E-state index contributed by atoms with van der Waals surface area (Å²) in [4.78, 5) is 2.29. The number of rotatable bonds is 3. The Balaban J connectivity index is 2.30. The lowest BCUT2D eigenvalue weighted by Gasteiger charge is -2.38. The van der Waals surface area contributed by atoms with Gasteiger partial charge in [0.1, 0.15) is 0 Å². The molecule has 21 heavy (non-hydrogen) atoms. The molecule has 0 aliphatic carbocycles. The lowest BCUT2D eigenvalue weighted by Crippen LogP contribution is -2.47. The minimum Gasteiger partial charge on any atom is -0.312 e. The number of benzene rings is 1. The van der Waals surface area contributed by atoms with Crippen LogP contribution >= 0.6 is 11.8 Å². The van der Waals surface area contributed by atoms with Gasteiger partial charge in [0.2, 0.25) is 0 Å². The topological polar surface area (TPSA) is 15.3 Å². The van der Waals surface area contributed by atoms with E-state index in [1.54, 1.807) is 13.0 Å². The second-order valence-corrected chi connectivity index (χ2v) is 6.61. The predicted molar refractivity (Wildman–Crippen MR) is 81.7 cm³/mol. The Morgan fingerprint density at radius 1 is 1.38 bits per heavy atom. The van der Waals surface area contributed by atoms with E-state index < -0.39 is 11.7 Å². The average Bonchev–Trinajstić information content (AvgIpc) is 2.42. The van der Waals surface area contributed by atoms with Crippen LogP contribution in [0.4, 0.5) is 13.2 Å². The van der Waals surface area contributed by atoms with Gasteiger partial charge in [-0.2, -0.15) is 24.9 Å². The average molecular weight is 318 g/mol. The highest BCUT2D eigenvalue weighted by atomic mass is 32.2. The first kappa shape index (κ1) is 16.6. The number of hydrogen-bond donors (Lipinski definition) is 1. The summed E-state index contributed by atoms with van der Waals surface area (Å²) < 4.78 is 38.3. The monoisotopic (exact) mass is 318 g/mol. The molecule has 1 saturated heterocycles. The summed E-state index contributed by atoms with van der Waals surface area (Å²) in [5, 5.41) is 3.28. The van der Waals surface area contributed by atoms with Crippen LogP contribution in [0.2, 0.25) is 0 Å². The first-order valence-corrected chi connectivity index (χ1v) is 8.13. The summed E-state index contributed by atoms with van der Waals surface area (Å²) in [5.41, 5.74) is 1.06. The lowest BCUT2D eigenvalue weighted by molar-refractivity contribution is -0.137. The van der Waals surface area contributed by atoms with Crippen molar-refractivity contribution in [3.05, 3.63) is 34.9 Å². The van der Waals surface area contributed by atoms with E-state index in [1.807, 2.05) is 18.8 Å². The molecule has 2 atom stereocenters. The van der Waals surface area contributed by atoms with Crippen LogP contribution in [-0.4, -0.2) is 43.1 Å². The molecule has 2 unspecified atom stereocenters. The highest BCUT2D eigenvalue weighted by Gasteiger charge is 2.33. The molecular formula is C15H21F3N2S.